The number of nitrogens with zero attached hydrogens (tertiary/aromatic N) is 3. The van der Waals surface area contributed by atoms with Crippen LogP contribution in [0.15, 0.2) is 55.1 Å². The summed E-state index contributed by atoms with van der Waals surface area (Å²) in [6.45, 7) is 10.7. The van der Waals surface area contributed by atoms with Crippen molar-refractivity contribution in [3.05, 3.63) is 77.5 Å². The molecule has 0 spiro atoms. The van der Waals surface area contributed by atoms with E-state index in [4.69, 9.17) is 9.47 Å². The third-order valence-electron chi connectivity index (χ3n) is 7.25. The van der Waals surface area contributed by atoms with E-state index < -0.39 is 11.5 Å². The Labute approximate surface area is 238 Å². The number of esters is 1. The van der Waals surface area contributed by atoms with Gasteiger partial charge < -0.3 is 24.3 Å². The number of aromatic nitrogens is 1. The van der Waals surface area contributed by atoms with Crippen molar-refractivity contribution in [3.63, 3.8) is 0 Å². The Morgan fingerprint density at radius 3 is 2.54 bits per heavy atom. The molecule has 1 fully saturated rings. The molecule has 1 N–H and O–H groups in total. The lowest BCUT2D eigenvalue weighted by Gasteiger charge is -2.41. The topological polar surface area (TPSA) is 110 Å². The molecule has 2 aromatic carbocycles. The van der Waals surface area contributed by atoms with Gasteiger partial charge in [0.25, 0.3) is 0 Å². The van der Waals surface area contributed by atoms with Gasteiger partial charge in [0.05, 0.1) is 24.6 Å². The number of carbonyl (C=O) groups is 4. The first-order chi connectivity index (χ1) is 19.5. The number of rotatable bonds is 8. The minimum atomic E-state index is -0.586. The summed E-state index contributed by atoms with van der Waals surface area (Å²) in [5.41, 5.74) is 3.55. The maximum absolute atomic E-state index is 13.3. The lowest BCUT2D eigenvalue weighted by Crippen LogP contribution is -2.56. The zero-order chi connectivity index (χ0) is 29.5. The first kappa shape index (κ1) is 27.9. The van der Waals surface area contributed by atoms with E-state index >= 15 is 0 Å². The van der Waals surface area contributed by atoms with Crippen LogP contribution in [0.4, 0.5) is 4.79 Å². The van der Waals surface area contributed by atoms with Gasteiger partial charge in [0.2, 0.25) is 11.8 Å². The lowest BCUT2D eigenvalue weighted by atomic mass is 9.89. The molecule has 1 aromatic heterocycles. The molecule has 3 heterocycles. The molecular formula is C31H34N4O6. The highest BCUT2D eigenvalue weighted by atomic mass is 16.6. The van der Waals surface area contributed by atoms with Gasteiger partial charge in [0.1, 0.15) is 18.0 Å². The van der Waals surface area contributed by atoms with Crippen molar-refractivity contribution < 1.29 is 28.7 Å². The van der Waals surface area contributed by atoms with Crippen LogP contribution < -0.4 is 10.1 Å². The fraction of sp³-hybridized carbons (Fsp3) is 0.355. The smallest absolute Gasteiger partial charge is 0.338 e. The van der Waals surface area contributed by atoms with E-state index in [1.54, 1.807) is 17.0 Å². The van der Waals surface area contributed by atoms with Crippen LogP contribution in [-0.2, 0) is 27.4 Å². The van der Waals surface area contributed by atoms with Crippen LogP contribution >= 0.6 is 0 Å². The predicted molar refractivity (Wildman–Crippen MR) is 153 cm³/mol. The van der Waals surface area contributed by atoms with Crippen LogP contribution in [0.3, 0.4) is 0 Å². The summed E-state index contributed by atoms with van der Waals surface area (Å²) >= 11 is 0. The minimum absolute atomic E-state index is 0.230. The van der Waals surface area contributed by atoms with Crippen LogP contribution in [-0.4, -0.2) is 70.5 Å². The molecule has 0 unspecified atom stereocenters. The predicted octanol–water partition coefficient (Wildman–Crippen LogP) is 3.82. The second kappa shape index (κ2) is 10.8. The Morgan fingerprint density at radius 2 is 1.85 bits per heavy atom. The number of amides is 4. The number of hydrogen-bond acceptors (Lipinski definition) is 6. The van der Waals surface area contributed by atoms with Gasteiger partial charge in [-0.2, -0.15) is 0 Å². The summed E-state index contributed by atoms with van der Waals surface area (Å²) in [5, 5.41) is 3.57. The van der Waals surface area contributed by atoms with Gasteiger partial charge in [0.15, 0.2) is 0 Å². The Balaban J connectivity index is 1.49. The molecular weight excluding hydrogens is 524 g/mol. The van der Waals surface area contributed by atoms with E-state index in [1.807, 2.05) is 51.1 Å². The molecule has 2 aliphatic heterocycles. The van der Waals surface area contributed by atoms with Crippen LogP contribution in [0.25, 0.3) is 10.9 Å². The summed E-state index contributed by atoms with van der Waals surface area (Å²) in [7, 11) is 1.52. The highest BCUT2D eigenvalue weighted by molar-refractivity contribution is 6.04. The molecule has 5 rings (SSSR count). The quantitative estimate of drug-likeness (QED) is 0.256. The molecule has 1 saturated heterocycles. The number of fused-ring (bicyclic) bond motifs is 6. The maximum Gasteiger partial charge on any atom is 0.338 e. The average molecular weight is 559 g/mol. The van der Waals surface area contributed by atoms with Gasteiger partial charge in [-0.3, -0.25) is 14.5 Å². The van der Waals surface area contributed by atoms with Crippen molar-refractivity contribution in [2.24, 2.45) is 0 Å². The first-order valence-corrected chi connectivity index (χ1v) is 13.5. The van der Waals surface area contributed by atoms with Crippen molar-refractivity contribution in [1.82, 2.24) is 19.7 Å². The largest absolute Gasteiger partial charge is 0.492 e. The van der Waals surface area contributed by atoms with Gasteiger partial charge in [-0.1, -0.05) is 18.7 Å². The highest BCUT2D eigenvalue weighted by Gasteiger charge is 2.44. The fourth-order valence-electron chi connectivity index (χ4n) is 5.37. The van der Waals surface area contributed by atoms with Gasteiger partial charge >= 0.3 is 12.0 Å². The third-order valence-corrected chi connectivity index (χ3v) is 7.25. The van der Waals surface area contributed by atoms with Crippen LogP contribution in [0.5, 0.6) is 5.75 Å². The fourth-order valence-corrected chi connectivity index (χ4v) is 5.37. The summed E-state index contributed by atoms with van der Waals surface area (Å²) in [6.07, 6.45) is 1.21. The molecule has 2 aliphatic rings. The van der Waals surface area contributed by atoms with E-state index in [9.17, 15) is 19.2 Å². The van der Waals surface area contributed by atoms with Gasteiger partial charge in [0, 0.05) is 36.7 Å². The van der Waals surface area contributed by atoms with E-state index in [0.29, 0.717) is 37.5 Å². The van der Waals surface area contributed by atoms with Crippen molar-refractivity contribution in [1.29, 1.82) is 0 Å². The van der Waals surface area contributed by atoms with Crippen LogP contribution in [0.2, 0.25) is 0 Å². The number of likely N-dealkylation sites (N-methyl/N-ethyl adjacent to an activating group) is 1. The second-order valence-corrected chi connectivity index (χ2v) is 11.3. The van der Waals surface area contributed by atoms with Crippen LogP contribution in [0.1, 0.15) is 53.9 Å². The summed E-state index contributed by atoms with van der Waals surface area (Å²) < 4.78 is 13.5. The molecule has 10 heteroatoms. The lowest BCUT2D eigenvalue weighted by molar-refractivity contribution is -0.132. The second-order valence-electron chi connectivity index (χ2n) is 11.3. The van der Waals surface area contributed by atoms with Crippen molar-refractivity contribution in [2.45, 2.75) is 45.4 Å². The summed E-state index contributed by atoms with van der Waals surface area (Å²) in [4.78, 5) is 52.9. The first-order valence-electron chi connectivity index (χ1n) is 13.5. The Kier molecular flexibility index (Phi) is 7.33. The highest BCUT2D eigenvalue weighted by Crippen LogP contribution is 2.41. The molecule has 1 atom stereocenters. The molecule has 10 nitrogen and oxygen atoms in total. The number of imide groups is 1. The average Bonchev–Trinajstić information content (AvgIpc) is 3.24. The van der Waals surface area contributed by atoms with Crippen LogP contribution in [0, 0.1) is 0 Å². The minimum Gasteiger partial charge on any atom is -0.492 e. The molecule has 3 aromatic rings. The van der Waals surface area contributed by atoms with Crippen molar-refractivity contribution in [2.75, 3.05) is 26.7 Å². The normalized spacial score (nSPS) is 16.4. The Morgan fingerprint density at radius 1 is 1.12 bits per heavy atom. The molecule has 0 saturated carbocycles. The molecule has 41 heavy (non-hydrogen) atoms. The standard InChI is InChI=1S/C31H34N4O6/c1-6-26(36)32-13-14-40-21-11-12-24-22(15-21)27-23-17-34(30(39)33(5)28(23)37)18-25(27)35(24)16-19-7-9-20(10-8-19)29(38)41-31(2,3)4/h6-12,15,23H,1,13-14,16-18H2,2-5H3,(H,32,36)/t23-/m0/s1. The van der Waals surface area contributed by atoms with E-state index in [0.717, 1.165) is 27.7 Å². The maximum atomic E-state index is 13.3. The molecule has 0 aliphatic carbocycles. The molecule has 0 radical (unpaired) electrons. The summed E-state index contributed by atoms with van der Waals surface area (Å²) in [5.74, 6) is -0.755. The zero-order valence-corrected chi connectivity index (χ0v) is 23.7. The van der Waals surface area contributed by atoms with Gasteiger partial charge in [-0.15, -0.1) is 0 Å². The SMILES string of the molecule is C=CC(=O)NCCOc1ccc2c(c1)c1c(n2Cc2ccc(C(=O)OC(C)(C)C)cc2)CN2C[C@@H]1C(=O)N(C)C2=O. The van der Waals surface area contributed by atoms with Gasteiger partial charge in [-0.05, 0) is 68.3 Å². The number of nitrogens with one attached hydrogen (secondary N) is 1. The monoisotopic (exact) mass is 558 g/mol. The van der Waals surface area contributed by atoms with Crippen molar-refractivity contribution >= 4 is 34.7 Å². The number of carbonyl (C=O) groups excluding carboxylic acids is 4. The summed E-state index contributed by atoms with van der Waals surface area (Å²) in [6, 6.07) is 12.7. The zero-order valence-electron chi connectivity index (χ0n) is 23.7. The van der Waals surface area contributed by atoms with E-state index in [2.05, 4.69) is 16.5 Å². The van der Waals surface area contributed by atoms with Gasteiger partial charge in [-0.25, -0.2) is 9.59 Å². The third kappa shape index (κ3) is 5.54. The Bertz CT molecular complexity index is 1550. The number of benzene rings is 2. The van der Waals surface area contributed by atoms with Crippen molar-refractivity contribution in [3.8, 4) is 5.75 Å². The number of urea groups is 1. The molecule has 2 bridgehead atoms. The van der Waals surface area contributed by atoms with E-state index in [1.165, 1.54) is 18.0 Å². The number of ether oxygens (including phenoxy) is 2. The molecule has 4 amide bonds. The number of hydrogen-bond donors (Lipinski definition) is 1. The Hall–Kier alpha value is -4.60. The van der Waals surface area contributed by atoms with E-state index in [-0.39, 0.29) is 30.4 Å². The molecule has 214 valence electrons.